The van der Waals surface area contributed by atoms with E-state index in [1.807, 2.05) is 26.0 Å². The average molecular weight is 268 g/mol. The van der Waals surface area contributed by atoms with Crippen molar-refractivity contribution in [2.24, 2.45) is 0 Å². The third-order valence-electron chi connectivity index (χ3n) is 2.66. The van der Waals surface area contributed by atoms with Crippen molar-refractivity contribution >= 4 is 5.95 Å². The molecular formula is C15H16N4O. The molecule has 0 saturated heterocycles. The molecule has 0 unspecified atom stereocenters. The molecule has 1 heterocycles. The summed E-state index contributed by atoms with van der Waals surface area (Å²) >= 11 is 0. The smallest absolute Gasteiger partial charge is 0.226 e. The van der Waals surface area contributed by atoms with Crippen LogP contribution in [-0.4, -0.2) is 16.6 Å². The fourth-order valence-corrected chi connectivity index (χ4v) is 1.72. The van der Waals surface area contributed by atoms with Gasteiger partial charge in [0.25, 0.3) is 0 Å². The highest BCUT2D eigenvalue weighted by atomic mass is 16.5. The summed E-state index contributed by atoms with van der Waals surface area (Å²) in [4.78, 5) is 8.59. The van der Waals surface area contributed by atoms with Crippen molar-refractivity contribution in [1.29, 1.82) is 5.26 Å². The van der Waals surface area contributed by atoms with E-state index in [-0.39, 0.29) is 0 Å². The van der Waals surface area contributed by atoms with E-state index in [4.69, 9.17) is 10.00 Å². The number of nitrogens with zero attached hydrogens (tertiary/aromatic N) is 3. The SMILES string of the molecule is CCOc1cc(C)nc(NCc2ccc(C#N)cc2)n1. The molecule has 0 aliphatic heterocycles. The molecule has 0 aliphatic carbocycles. The van der Waals surface area contributed by atoms with Gasteiger partial charge in [0.15, 0.2) is 0 Å². The quantitative estimate of drug-likeness (QED) is 0.902. The average Bonchev–Trinajstić information content (AvgIpc) is 2.45. The lowest BCUT2D eigenvalue weighted by atomic mass is 10.1. The second kappa shape index (κ2) is 6.53. The van der Waals surface area contributed by atoms with E-state index in [1.165, 1.54) is 0 Å². The normalized spacial score (nSPS) is 9.85. The molecule has 0 fully saturated rings. The van der Waals surface area contributed by atoms with Crippen molar-refractivity contribution in [3.63, 3.8) is 0 Å². The van der Waals surface area contributed by atoms with E-state index >= 15 is 0 Å². The summed E-state index contributed by atoms with van der Waals surface area (Å²) in [5.41, 5.74) is 2.57. The maximum atomic E-state index is 8.75. The molecule has 0 saturated carbocycles. The Bertz CT molecular complexity index is 617. The summed E-state index contributed by atoms with van der Waals surface area (Å²) in [5, 5.41) is 11.9. The number of rotatable bonds is 5. The first kappa shape index (κ1) is 13.8. The Morgan fingerprint density at radius 3 is 2.65 bits per heavy atom. The van der Waals surface area contributed by atoms with Crippen LogP contribution in [0.2, 0.25) is 0 Å². The first-order chi connectivity index (χ1) is 9.71. The fourth-order valence-electron chi connectivity index (χ4n) is 1.72. The minimum atomic E-state index is 0.540. The Kier molecular flexibility index (Phi) is 4.51. The zero-order chi connectivity index (χ0) is 14.4. The van der Waals surface area contributed by atoms with Crippen LogP contribution >= 0.6 is 0 Å². The second-order valence-electron chi connectivity index (χ2n) is 4.27. The van der Waals surface area contributed by atoms with Crippen molar-refractivity contribution in [1.82, 2.24) is 9.97 Å². The topological polar surface area (TPSA) is 70.8 Å². The monoisotopic (exact) mass is 268 g/mol. The molecule has 5 heteroatoms. The van der Waals surface area contributed by atoms with E-state index in [0.29, 0.717) is 30.5 Å². The van der Waals surface area contributed by atoms with Crippen molar-refractivity contribution < 1.29 is 4.74 Å². The summed E-state index contributed by atoms with van der Waals surface area (Å²) in [6, 6.07) is 11.3. The van der Waals surface area contributed by atoms with E-state index in [9.17, 15) is 0 Å². The number of anilines is 1. The maximum Gasteiger partial charge on any atom is 0.226 e. The number of nitriles is 1. The lowest BCUT2D eigenvalue weighted by molar-refractivity contribution is 0.326. The lowest BCUT2D eigenvalue weighted by Gasteiger charge is -2.08. The lowest BCUT2D eigenvalue weighted by Crippen LogP contribution is -2.06. The van der Waals surface area contributed by atoms with Crippen LogP contribution in [0.1, 0.15) is 23.7 Å². The van der Waals surface area contributed by atoms with Crippen LogP contribution in [0.25, 0.3) is 0 Å². The van der Waals surface area contributed by atoms with Gasteiger partial charge in [0.2, 0.25) is 11.8 Å². The number of hydrogen-bond acceptors (Lipinski definition) is 5. The Labute approximate surface area is 118 Å². The number of hydrogen-bond donors (Lipinski definition) is 1. The highest BCUT2D eigenvalue weighted by Gasteiger charge is 2.03. The van der Waals surface area contributed by atoms with Crippen LogP contribution in [0.15, 0.2) is 30.3 Å². The predicted molar refractivity (Wildman–Crippen MR) is 76.4 cm³/mol. The summed E-state index contributed by atoms with van der Waals surface area (Å²) in [5.74, 6) is 1.11. The fraction of sp³-hybridized carbons (Fsp3) is 0.267. The molecule has 2 rings (SSSR count). The van der Waals surface area contributed by atoms with Gasteiger partial charge in [0, 0.05) is 18.3 Å². The highest BCUT2D eigenvalue weighted by Crippen LogP contribution is 2.13. The zero-order valence-electron chi connectivity index (χ0n) is 11.6. The van der Waals surface area contributed by atoms with E-state index in [2.05, 4.69) is 21.4 Å². The van der Waals surface area contributed by atoms with Crippen LogP contribution in [0, 0.1) is 18.3 Å². The molecule has 1 aromatic carbocycles. The number of ether oxygens (including phenoxy) is 1. The summed E-state index contributed by atoms with van der Waals surface area (Å²) < 4.78 is 5.38. The summed E-state index contributed by atoms with van der Waals surface area (Å²) in [6.07, 6.45) is 0. The van der Waals surface area contributed by atoms with Crippen LogP contribution in [0.4, 0.5) is 5.95 Å². The molecular weight excluding hydrogens is 252 g/mol. The van der Waals surface area contributed by atoms with Gasteiger partial charge in [-0.15, -0.1) is 0 Å². The van der Waals surface area contributed by atoms with Crippen LogP contribution < -0.4 is 10.1 Å². The molecule has 5 nitrogen and oxygen atoms in total. The molecule has 20 heavy (non-hydrogen) atoms. The van der Waals surface area contributed by atoms with Crippen molar-refractivity contribution in [2.45, 2.75) is 20.4 Å². The Balaban J connectivity index is 2.04. The van der Waals surface area contributed by atoms with Crippen molar-refractivity contribution in [3.8, 4) is 11.9 Å². The molecule has 0 aliphatic rings. The Morgan fingerprint density at radius 1 is 1.25 bits per heavy atom. The third-order valence-corrected chi connectivity index (χ3v) is 2.66. The standard InChI is InChI=1S/C15H16N4O/c1-3-20-14-8-11(2)18-15(19-14)17-10-13-6-4-12(9-16)5-7-13/h4-8H,3,10H2,1-2H3,(H,17,18,19). The molecule has 0 amide bonds. The third kappa shape index (κ3) is 3.69. The highest BCUT2D eigenvalue weighted by molar-refractivity contribution is 5.35. The molecule has 0 atom stereocenters. The van der Waals surface area contributed by atoms with Gasteiger partial charge in [0.1, 0.15) is 0 Å². The molecule has 0 spiro atoms. The molecule has 2 aromatic rings. The minimum Gasteiger partial charge on any atom is -0.478 e. The first-order valence-corrected chi connectivity index (χ1v) is 6.42. The Morgan fingerprint density at radius 2 is 2.00 bits per heavy atom. The van der Waals surface area contributed by atoms with Gasteiger partial charge in [-0.1, -0.05) is 12.1 Å². The van der Waals surface area contributed by atoms with Crippen molar-refractivity contribution in [2.75, 3.05) is 11.9 Å². The predicted octanol–water partition coefficient (Wildman–Crippen LogP) is 2.67. The number of nitrogens with one attached hydrogen (secondary N) is 1. The maximum absolute atomic E-state index is 8.75. The van der Waals surface area contributed by atoms with E-state index in [0.717, 1.165) is 11.3 Å². The zero-order valence-corrected chi connectivity index (χ0v) is 11.6. The summed E-state index contributed by atoms with van der Waals surface area (Å²) in [7, 11) is 0. The van der Waals surface area contributed by atoms with Gasteiger partial charge in [-0.25, -0.2) is 4.98 Å². The molecule has 1 N–H and O–H groups in total. The van der Waals surface area contributed by atoms with E-state index in [1.54, 1.807) is 18.2 Å². The van der Waals surface area contributed by atoms with Gasteiger partial charge < -0.3 is 10.1 Å². The van der Waals surface area contributed by atoms with Gasteiger partial charge in [-0.2, -0.15) is 10.2 Å². The number of aromatic nitrogens is 2. The van der Waals surface area contributed by atoms with Gasteiger partial charge in [-0.05, 0) is 31.5 Å². The largest absolute Gasteiger partial charge is 0.478 e. The molecule has 0 bridgehead atoms. The van der Waals surface area contributed by atoms with Crippen LogP contribution in [0.3, 0.4) is 0 Å². The van der Waals surface area contributed by atoms with Crippen LogP contribution in [0.5, 0.6) is 5.88 Å². The Hall–Kier alpha value is -2.61. The van der Waals surface area contributed by atoms with Gasteiger partial charge >= 0.3 is 0 Å². The molecule has 1 aromatic heterocycles. The number of aryl methyl sites for hydroxylation is 1. The first-order valence-electron chi connectivity index (χ1n) is 6.42. The van der Waals surface area contributed by atoms with E-state index < -0.39 is 0 Å². The molecule has 102 valence electrons. The van der Waals surface area contributed by atoms with Crippen LogP contribution in [-0.2, 0) is 6.54 Å². The van der Waals surface area contributed by atoms with Crippen molar-refractivity contribution in [3.05, 3.63) is 47.2 Å². The minimum absolute atomic E-state index is 0.540. The van der Waals surface area contributed by atoms with Gasteiger partial charge in [0.05, 0.1) is 18.2 Å². The molecule has 0 radical (unpaired) electrons. The van der Waals surface area contributed by atoms with Gasteiger partial charge in [-0.3, -0.25) is 0 Å². The number of benzene rings is 1. The second-order valence-corrected chi connectivity index (χ2v) is 4.27. The summed E-state index contributed by atoms with van der Waals surface area (Å²) in [6.45, 7) is 4.99.